The molecule has 0 aromatic rings. The van der Waals surface area contributed by atoms with Crippen molar-refractivity contribution in [2.75, 3.05) is 39.1 Å². The molecule has 0 bridgehead atoms. The number of amides is 1. The summed E-state index contributed by atoms with van der Waals surface area (Å²) in [7, 11) is 3.02. The van der Waals surface area contributed by atoms with Crippen LogP contribution in [0.25, 0.3) is 0 Å². The minimum absolute atomic E-state index is 0.0513. The fourth-order valence-electron chi connectivity index (χ4n) is 3.25. The lowest BCUT2D eigenvalue weighted by molar-refractivity contribution is -0.144. The number of methoxy groups -OCH3 is 1. The first kappa shape index (κ1) is 34.7. The molecule has 0 saturated carbocycles. The normalized spacial score (nSPS) is 21.9. The minimum atomic E-state index is -0.681. The van der Waals surface area contributed by atoms with Crippen LogP contribution >= 0.6 is 11.8 Å². The molecule has 4 atom stereocenters. The van der Waals surface area contributed by atoms with Gasteiger partial charge in [0.05, 0.1) is 30.8 Å². The number of rotatable bonds is 12. The number of carbonyl (C=O) groups is 3. The maximum absolute atomic E-state index is 11.0. The van der Waals surface area contributed by atoms with E-state index in [-0.39, 0.29) is 24.4 Å². The van der Waals surface area contributed by atoms with Crippen molar-refractivity contribution in [1.82, 2.24) is 10.6 Å². The summed E-state index contributed by atoms with van der Waals surface area (Å²) in [5, 5.41) is 23.3. The van der Waals surface area contributed by atoms with E-state index in [1.165, 1.54) is 33.3 Å². The van der Waals surface area contributed by atoms with E-state index in [1.54, 1.807) is 7.05 Å². The highest BCUT2D eigenvalue weighted by Gasteiger charge is 2.52. The smallest absolute Gasteiger partial charge is 0.329 e. The number of hydrogen-bond acceptors (Lipinski definition) is 9. The van der Waals surface area contributed by atoms with Gasteiger partial charge in [-0.15, -0.1) is 11.8 Å². The van der Waals surface area contributed by atoms with Gasteiger partial charge in [-0.3, -0.25) is 4.79 Å². The first-order chi connectivity index (χ1) is 16.1. The number of carbonyl (C=O) groups excluding carboxylic acids is 3. The van der Waals surface area contributed by atoms with Crippen molar-refractivity contribution in [3.8, 4) is 0 Å². The van der Waals surface area contributed by atoms with Crippen LogP contribution in [0.1, 0.15) is 60.3 Å². The first-order valence-electron chi connectivity index (χ1n) is 11.6. The largest absolute Gasteiger partial charge is 0.467 e. The number of likely N-dealkylation sites (N-methyl/N-ethyl adjacent to an activating group) is 1. The Hall–Kier alpha value is -1.46. The van der Waals surface area contributed by atoms with Crippen molar-refractivity contribution in [3.05, 3.63) is 12.2 Å². The lowest BCUT2D eigenvalue weighted by Gasteiger charge is -2.44. The maximum atomic E-state index is 11.0. The monoisotopic (exact) mass is 506 g/mol. The van der Waals surface area contributed by atoms with Crippen LogP contribution in [0.2, 0.25) is 0 Å². The Kier molecular flexibility index (Phi) is 20.2. The number of aldehydes is 1. The van der Waals surface area contributed by atoms with Gasteiger partial charge in [0.2, 0.25) is 5.91 Å². The summed E-state index contributed by atoms with van der Waals surface area (Å²) in [4.78, 5) is 32.6. The molecule has 2 unspecified atom stereocenters. The summed E-state index contributed by atoms with van der Waals surface area (Å²) in [6.07, 6.45) is 9.89. The minimum Gasteiger partial charge on any atom is -0.467 e. The van der Waals surface area contributed by atoms with Crippen molar-refractivity contribution >= 4 is 29.9 Å². The van der Waals surface area contributed by atoms with Crippen LogP contribution in [0, 0.1) is 5.92 Å². The molecule has 0 aromatic carbocycles. The van der Waals surface area contributed by atoms with E-state index < -0.39 is 23.2 Å². The lowest BCUT2D eigenvalue weighted by Crippen LogP contribution is -2.63. The molecule has 1 heterocycles. The van der Waals surface area contributed by atoms with E-state index >= 15 is 0 Å². The Morgan fingerprint density at radius 3 is 2.44 bits per heavy atom. The number of esters is 1. The third-order valence-corrected chi connectivity index (χ3v) is 6.62. The molecule has 4 N–H and O–H groups in total. The number of unbranched alkanes of at least 4 members (excludes halogenated alkanes) is 2. The highest BCUT2D eigenvalue weighted by atomic mass is 32.2. The molecule has 1 fully saturated rings. The van der Waals surface area contributed by atoms with Crippen LogP contribution in [-0.4, -0.2) is 84.6 Å². The number of aliphatic hydroxyl groups is 2. The third-order valence-electron chi connectivity index (χ3n) is 5.87. The Bertz CT molecular complexity index is 600. The molecule has 1 saturated heterocycles. The van der Waals surface area contributed by atoms with E-state index in [4.69, 9.17) is 9.84 Å². The maximum Gasteiger partial charge on any atom is 0.329 e. The SMILES string of the molecule is C/C=C\CCCC.CN[C@](C)(CO)[C@@]1(C)OCCC1C=O.COC(=O)C(CSCO)NC(C)=O. The van der Waals surface area contributed by atoms with Crippen molar-refractivity contribution < 1.29 is 34.1 Å². The molecule has 0 radical (unpaired) electrons. The van der Waals surface area contributed by atoms with Gasteiger partial charge in [0, 0.05) is 25.2 Å². The fourth-order valence-corrected chi connectivity index (χ4v) is 3.81. The Morgan fingerprint density at radius 1 is 1.38 bits per heavy atom. The number of nitrogens with one attached hydrogen (secondary N) is 2. The predicted octanol–water partition coefficient (Wildman–Crippen LogP) is 2.05. The third kappa shape index (κ3) is 12.3. The van der Waals surface area contributed by atoms with E-state index in [0.717, 1.165) is 24.5 Å². The van der Waals surface area contributed by atoms with Crippen molar-refractivity contribution in [3.63, 3.8) is 0 Å². The van der Waals surface area contributed by atoms with Gasteiger partial charge in [-0.25, -0.2) is 4.79 Å². The summed E-state index contributed by atoms with van der Waals surface area (Å²) in [6, 6.07) is -0.681. The standard InChI is InChI=1S/C10H19NO3.C7H13NO4S.C7H14/c1-9(7-13,11-3)10(2)8(6-12)4-5-14-10;1-5(10)8-6(3-13-4-9)7(11)12-2;1-3-5-7-6-4-2/h6,8,11,13H,4-5,7H2,1-3H3;6,9H,3-4H2,1-2H3,(H,8,10);3,5H,4,6-7H2,1-2H3/b;;5-3-/t8?,9-,10+;;/m1../s1. The van der Waals surface area contributed by atoms with E-state index in [2.05, 4.69) is 41.4 Å². The topological polar surface area (TPSA) is 134 Å². The van der Waals surface area contributed by atoms with Crippen LogP contribution in [0.5, 0.6) is 0 Å². The zero-order chi connectivity index (χ0) is 26.6. The van der Waals surface area contributed by atoms with E-state index in [9.17, 15) is 19.5 Å². The van der Waals surface area contributed by atoms with Crippen molar-refractivity contribution in [1.29, 1.82) is 0 Å². The molecular formula is C24H46N2O7S. The molecule has 0 spiro atoms. The number of ether oxygens (including phenoxy) is 2. The molecule has 0 aromatic heterocycles. The zero-order valence-electron chi connectivity index (χ0n) is 21.9. The summed E-state index contributed by atoms with van der Waals surface area (Å²) >= 11 is 1.14. The van der Waals surface area contributed by atoms with Gasteiger partial charge in [0.1, 0.15) is 12.3 Å². The van der Waals surface area contributed by atoms with E-state index in [1.807, 2.05) is 13.8 Å². The number of aliphatic hydroxyl groups excluding tert-OH is 2. The second-order valence-corrected chi connectivity index (χ2v) is 9.21. The Balaban J connectivity index is 0. The van der Waals surface area contributed by atoms with Gasteiger partial charge in [-0.1, -0.05) is 31.9 Å². The lowest BCUT2D eigenvalue weighted by atomic mass is 9.75. The van der Waals surface area contributed by atoms with Crippen LogP contribution < -0.4 is 10.6 Å². The van der Waals surface area contributed by atoms with Crippen LogP contribution in [0.3, 0.4) is 0 Å². The summed E-state index contributed by atoms with van der Waals surface area (Å²) in [5.41, 5.74) is -1.19. The molecule has 34 heavy (non-hydrogen) atoms. The number of allylic oxidation sites excluding steroid dienone is 2. The fraction of sp³-hybridized carbons (Fsp3) is 0.792. The molecule has 0 aliphatic carbocycles. The van der Waals surface area contributed by atoms with Gasteiger partial charge in [-0.05, 0) is 40.7 Å². The first-order valence-corrected chi connectivity index (χ1v) is 12.8. The highest BCUT2D eigenvalue weighted by molar-refractivity contribution is 7.99. The van der Waals surface area contributed by atoms with Gasteiger partial charge in [-0.2, -0.15) is 0 Å². The van der Waals surface area contributed by atoms with Gasteiger partial charge in [0.15, 0.2) is 0 Å². The molecular weight excluding hydrogens is 460 g/mol. The van der Waals surface area contributed by atoms with Crippen molar-refractivity contribution in [2.45, 2.75) is 77.5 Å². The molecule has 1 aliphatic heterocycles. The number of thioether (sulfide) groups is 1. The molecule has 200 valence electrons. The number of hydrogen-bond donors (Lipinski definition) is 4. The van der Waals surface area contributed by atoms with Gasteiger partial charge >= 0.3 is 5.97 Å². The second-order valence-electron chi connectivity index (χ2n) is 8.21. The Labute approximate surface area is 209 Å². The van der Waals surface area contributed by atoms with E-state index in [0.29, 0.717) is 12.4 Å². The molecule has 1 aliphatic rings. The van der Waals surface area contributed by atoms with Crippen LogP contribution in [0.15, 0.2) is 12.2 Å². The van der Waals surface area contributed by atoms with Crippen LogP contribution in [-0.2, 0) is 23.9 Å². The quantitative estimate of drug-likeness (QED) is 0.103. The van der Waals surface area contributed by atoms with Gasteiger partial charge in [0.25, 0.3) is 0 Å². The molecule has 1 amide bonds. The van der Waals surface area contributed by atoms with Crippen LogP contribution in [0.4, 0.5) is 0 Å². The predicted molar refractivity (Wildman–Crippen MR) is 137 cm³/mol. The molecule has 1 rings (SSSR count). The zero-order valence-corrected chi connectivity index (χ0v) is 22.7. The second kappa shape index (κ2) is 19.8. The highest BCUT2D eigenvalue weighted by Crippen LogP contribution is 2.39. The molecule has 10 heteroatoms. The average molecular weight is 507 g/mol. The average Bonchev–Trinajstić information content (AvgIpc) is 3.23. The Morgan fingerprint density at radius 2 is 2.03 bits per heavy atom. The summed E-state index contributed by atoms with van der Waals surface area (Å²) in [5.74, 6) is -0.729. The summed E-state index contributed by atoms with van der Waals surface area (Å²) < 4.78 is 10.1. The van der Waals surface area contributed by atoms with Gasteiger partial charge < -0.3 is 35.1 Å². The summed E-state index contributed by atoms with van der Waals surface area (Å²) in [6.45, 7) is 9.88. The van der Waals surface area contributed by atoms with Crippen molar-refractivity contribution in [2.24, 2.45) is 5.92 Å². The molecule has 9 nitrogen and oxygen atoms in total.